The van der Waals surface area contributed by atoms with Gasteiger partial charge in [0.2, 0.25) is 0 Å². The van der Waals surface area contributed by atoms with E-state index >= 15 is 0 Å². The van der Waals surface area contributed by atoms with E-state index in [0.717, 1.165) is 31.3 Å². The Hall–Kier alpha value is -1.96. The smallest absolute Gasteiger partial charge is 0.0717 e. The highest BCUT2D eigenvalue weighted by atomic mass is 16.3. The first kappa shape index (κ1) is 32.0. The van der Waals surface area contributed by atoms with E-state index in [0.29, 0.717) is 12.3 Å². The summed E-state index contributed by atoms with van der Waals surface area (Å²) in [5, 5.41) is 9.93. The van der Waals surface area contributed by atoms with Gasteiger partial charge in [-0.15, -0.1) is 6.58 Å². The molecule has 0 aliphatic heterocycles. The number of unbranched alkanes of at least 4 members (excludes halogenated alkanes) is 3. The Morgan fingerprint density at radius 1 is 1.15 bits per heavy atom. The topological polar surface area (TPSA) is 20.2 Å². The quantitative estimate of drug-likeness (QED) is 0.220. The fourth-order valence-corrected chi connectivity index (χ4v) is 3.49. The van der Waals surface area contributed by atoms with Gasteiger partial charge in [0, 0.05) is 11.5 Å². The summed E-state index contributed by atoms with van der Waals surface area (Å²) in [4.78, 5) is 0. The molecule has 0 heterocycles. The fraction of sp³-hybridized carbons (Fsp3) is 0.636. The number of aliphatic hydroxyl groups excluding tert-OH is 1. The molecule has 1 aliphatic rings. The van der Waals surface area contributed by atoms with Crippen molar-refractivity contribution in [1.82, 2.24) is 0 Å². The molecule has 0 aromatic heterocycles. The summed E-state index contributed by atoms with van der Waals surface area (Å²) in [6.45, 7) is 22.9. The Labute approximate surface area is 213 Å². The molecule has 190 valence electrons. The van der Waals surface area contributed by atoms with Crippen LogP contribution in [0, 0.1) is 41.7 Å². The first-order valence-corrected chi connectivity index (χ1v) is 13.5. The largest absolute Gasteiger partial charge is 0.391 e. The SMILES string of the molecule is C=C(C)CC.C=C1CC(O)C(C#CC(C)Cc2cc#cc(CCC(C)C)c2)C1.CCCCCC. The summed E-state index contributed by atoms with van der Waals surface area (Å²) in [6.07, 6.45) is 11.0. The van der Waals surface area contributed by atoms with Crippen LogP contribution in [0.2, 0.25) is 0 Å². The van der Waals surface area contributed by atoms with Gasteiger partial charge in [0.15, 0.2) is 0 Å². The minimum Gasteiger partial charge on any atom is -0.391 e. The molecule has 1 nitrogen and oxygen atoms in total. The number of allylic oxidation sites excluding steroid dienone is 1. The predicted molar refractivity (Wildman–Crippen MR) is 151 cm³/mol. The Morgan fingerprint density at radius 3 is 2.24 bits per heavy atom. The van der Waals surface area contributed by atoms with Crippen LogP contribution in [0.15, 0.2) is 36.4 Å². The van der Waals surface area contributed by atoms with E-state index in [2.05, 4.69) is 84.7 Å². The standard InChI is InChI=1S/C22H28O.C6H14.C5H10/c1-16(2)8-10-19-6-5-7-20(15-19)12-17(3)9-11-21-13-18(4)14-22(21)23;1-3-5-6-4-2;1-4-5(2)3/h7,15-17,21-23H,4,8,10,12-14H2,1-3H3;3-6H2,1-2H3;2,4H2,1,3H3. The van der Waals surface area contributed by atoms with E-state index < -0.39 is 0 Å². The number of hydrogen-bond donors (Lipinski definition) is 1. The van der Waals surface area contributed by atoms with Gasteiger partial charge < -0.3 is 5.11 Å². The van der Waals surface area contributed by atoms with E-state index in [1.54, 1.807) is 0 Å². The lowest BCUT2D eigenvalue weighted by molar-refractivity contribution is 0.158. The lowest BCUT2D eigenvalue weighted by Gasteiger charge is -2.08. The van der Waals surface area contributed by atoms with Crippen LogP contribution in [0.4, 0.5) is 0 Å². The van der Waals surface area contributed by atoms with Crippen LogP contribution in [0.25, 0.3) is 0 Å². The normalized spacial score (nSPS) is 17.4. The molecule has 3 unspecified atom stereocenters. The average molecular weight is 465 g/mol. The molecule has 0 amide bonds. The highest BCUT2D eigenvalue weighted by molar-refractivity contribution is 5.22. The van der Waals surface area contributed by atoms with E-state index in [1.807, 2.05) is 13.0 Å². The van der Waals surface area contributed by atoms with E-state index in [9.17, 15) is 5.11 Å². The lowest BCUT2D eigenvalue weighted by atomic mass is 9.97. The third-order valence-corrected chi connectivity index (χ3v) is 5.93. The molecule has 1 saturated carbocycles. The Kier molecular flexibility index (Phi) is 18.2. The maximum atomic E-state index is 9.93. The Morgan fingerprint density at radius 2 is 1.76 bits per heavy atom. The zero-order chi connectivity index (χ0) is 25.9. The van der Waals surface area contributed by atoms with Crippen molar-refractivity contribution in [3.8, 4) is 11.8 Å². The second-order valence-corrected chi connectivity index (χ2v) is 10.3. The highest BCUT2D eigenvalue weighted by Gasteiger charge is 2.25. The molecule has 2 rings (SSSR count). The third-order valence-electron chi connectivity index (χ3n) is 5.93. The van der Waals surface area contributed by atoms with Crippen LogP contribution in [0.1, 0.15) is 111 Å². The van der Waals surface area contributed by atoms with Crippen LogP contribution in [-0.4, -0.2) is 11.2 Å². The molecular weight excluding hydrogens is 412 g/mol. The molecule has 1 fully saturated rings. The van der Waals surface area contributed by atoms with E-state index in [-0.39, 0.29) is 17.9 Å². The molecule has 34 heavy (non-hydrogen) atoms. The van der Waals surface area contributed by atoms with E-state index in [1.165, 1.54) is 48.8 Å². The average Bonchev–Trinajstić information content (AvgIpc) is 3.12. The Balaban J connectivity index is 0.000000824. The van der Waals surface area contributed by atoms with Gasteiger partial charge in [-0.05, 0) is 69.1 Å². The van der Waals surface area contributed by atoms with Gasteiger partial charge in [0.25, 0.3) is 0 Å². The van der Waals surface area contributed by atoms with E-state index in [4.69, 9.17) is 0 Å². The first-order chi connectivity index (χ1) is 16.1. The molecule has 0 radical (unpaired) electrons. The molecule has 0 spiro atoms. The molecule has 1 aromatic carbocycles. The van der Waals surface area contributed by atoms with Gasteiger partial charge in [-0.3, -0.25) is 0 Å². The van der Waals surface area contributed by atoms with Crippen molar-refractivity contribution in [2.45, 2.75) is 119 Å². The zero-order valence-electron chi connectivity index (χ0n) is 23.4. The van der Waals surface area contributed by atoms with Gasteiger partial charge in [-0.25, -0.2) is 0 Å². The third kappa shape index (κ3) is 16.6. The molecule has 1 aliphatic carbocycles. The van der Waals surface area contributed by atoms with Crippen molar-refractivity contribution in [1.29, 1.82) is 0 Å². The number of rotatable bonds is 9. The lowest BCUT2D eigenvalue weighted by Crippen LogP contribution is -2.11. The van der Waals surface area contributed by atoms with Crippen molar-refractivity contribution < 1.29 is 5.11 Å². The molecule has 1 aromatic rings. The molecular formula is C33H52O. The predicted octanol–water partition coefficient (Wildman–Crippen LogP) is 8.94. The highest BCUT2D eigenvalue weighted by Crippen LogP contribution is 2.28. The molecule has 3 atom stereocenters. The fourth-order valence-electron chi connectivity index (χ4n) is 3.49. The number of hydrogen-bond acceptors (Lipinski definition) is 1. The number of aliphatic hydroxyl groups is 1. The molecule has 0 bridgehead atoms. The summed E-state index contributed by atoms with van der Waals surface area (Å²) in [5.74, 6) is 7.64. The van der Waals surface area contributed by atoms with Crippen molar-refractivity contribution in [3.63, 3.8) is 0 Å². The summed E-state index contributed by atoms with van der Waals surface area (Å²) in [5.41, 5.74) is 4.90. The van der Waals surface area contributed by atoms with Crippen LogP contribution in [0.3, 0.4) is 0 Å². The summed E-state index contributed by atoms with van der Waals surface area (Å²) in [6, 6.07) is 10.6. The maximum absolute atomic E-state index is 9.93. The summed E-state index contributed by atoms with van der Waals surface area (Å²) >= 11 is 0. The second kappa shape index (κ2) is 19.4. The van der Waals surface area contributed by atoms with Gasteiger partial charge in [0.1, 0.15) is 0 Å². The first-order valence-electron chi connectivity index (χ1n) is 13.5. The van der Waals surface area contributed by atoms with Gasteiger partial charge in [-0.1, -0.05) is 109 Å². The van der Waals surface area contributed by atoms with Crippen LogP contribution in [0.5, 0.6) is 0 Å². The van der Waals surface area contributed by atoms with Gasteiger partial charge in [-0.2, -0.15) is 0 Å². The minimum absolute atomic E-state index is 0.0715. The minimum atomic E-state index is -0.329. The van der Waals surface area contributed by atoms with Crippen molar-refractivity contribution >= 4 is 0 Å². The van der Waals surface area contributed by atoms with Crippen LogP contribution < -0.4 is 0 Å². The molecule has 0 saturated heterocycles. The maximum Gasteiger partial charge on any atom is 0.0717 e. The van der Waals surface area contributed by atoms with Crippen molar-refractivity contribution in [3.05, 3.63) is 59.7 Å². The van der Waals surface area contributed by atoms with Crippen molar-refractivity contribution in [2.75, 3.05) is 0 Å². The van der Waals surface area contributed by atoms with Gasteiger partial charge in [0.05, 0.1) is 12.0 Å². The monoisotopic (exact) mass is 464 g/mol. The Bertz CT molecular complexity index is 741. The van der Waals surface area contributed by atoms with Crippen molar-refractivity contribution in [2.24, 2.45) is 17.8 Å². The second-order valence-electron chi connectivity index (χ2n) is 10.3. The summed E-state index contributed by atoms with van der Waals surface area (Å²) in [7, 11) is 0. The summed E-state index contributed by atoms with van der Waals surface area (Å²) < 4.78 is 0. The molecule has 1 N–H and O–H groups in total. The van der Waals surface area contributed by atoms with Gasteiger partial charge >= 0.3 is 0 Å². The van der Waals surface area contributed by atoms with Crippen LogP contribution in [-0.2, 0) is 12.8 Å². The number of aryl methyl sites for hydroxylation is 1. The molecule has 1 heteroatoms. The zero-order valence-corrected chi connectivity index (χ0v) is 23.4. The van der Waals surface area contributed by atoms with Crippen LogP contribution >= 0.6 is 0 Å².